The van der Waals surface area contributed by atoms with E-state index in [1.807, 2.05) is 12.1 Å². The van der Waals surface area contributed by atoms with Gasteiger partial charge in [-0.25, -0.2) is 4.79 Å². The molecule has 1 fully saturated rings. The Balaban J connectivity index is 2.15. The lowest BCUT2D eigenvalue weighted by atomic mass is 10.1. The second-order valence-corrected chi connectivity index (χ2v) is 3.65. The SMILES string of the molecule is NC(CO)c1ccc(N2CCOC2=O)cc1. The predicted octanol–water partition coefficient (Wildman–Crippen LogP) is 0.635. The van der Waals surface area contributed by atoms with E-state index in [-0.39, 0.29) is 18.7 Å². The van der Waals surface area contributed by atoms with Crippen molar-refractivity contribution in [2.75, 3.05) is 24.7 Å². The fourth-order valence-electron chi connectivity index (χ4n) is 1.63. The lowest BCUT2D eigenvalue weighted by Gasteiger charge is -2.14. The van der Waals surface area contributed by atoms with Crippen LogP contribution in [0.1, 0.15) is 11.6 Å². The van der Waals surface area contributed by atoms with Crippen molar-refractivity contribution in [2.45, 2.75) is 6.04 Å². The van der Waals surface area contributed by atoms with Crippen LogP contribution in [0.3, 0.4) is 0 Å². The summed E-state index contributed by atoms with van der Waals surface area (Å²) in [7, 11) is 0. The van der Waals surface area contributed by atoms with E-state index in [2.05, 4.69) is 0 Å². The third-order valence-corrected chi connectivity index (χ3v) is 2.59. The van der Waals surface area contributed by atoms with Crippen molar-refractivity contribution < 1.29 is 14.6 Å². The molecule has 1 unspecified atom stereocenters. The number of anilines is 1. The molecule has 5 nitrogen and oxygen atoms in total. The third kappa shape index (κ3) is 2.00. The number of aliphatic hydroxyl groups excluding tert-OH is 1. The minimum Gasteiger partial charge on any atom is -0.447 e. The number of benzene rings is 1. The van der Waals surface area contributed by atoms with E-state index in [4.69, 9.17) is 15.6 Å². The van der Waals surface area contributed by atoms with Crippen molar-refractivity contribution in [1.82, 2.24) is 0 Å². The molecule has 86 valence electrons. The first-order valence-electron chi connectivity index (χ1n) is 5.13. The van der Waals surface area contributed by atoms with Crippen LogP contribution in [0, 0.1) is 0 Å². The second kappa shape index (κ2) is 4.51. The number of amides is 1. The maximum Gasteiger partial charge on any atom is 0.414 e. The Morgan fingerprint density at radius 1 is 1.44 bits per heavy atom. The molecule has 1 aliphatic heterocycles. The van der Waals surface area contributed by atoms with Crippen LogP contribution in [0.5, 0.6) is 0 Å². The Kier molecular flexibility index (Phi) is 3.07. The van der Waals surface area contributed by atoms with Crippen LogP contribution in [-0.4, -0.2) is 31.0 Å². The van der Waals surface area contributed by atoms with Crippen LogP contribution in [0.4, 0.5) is 10.5 Å². The molecule has 0 bridgehead atoms. The molecular formula is C11H14N2O3. The van der Waals surface area contributed by atoms with E-state index in [9.17, 15) is 4.79 Å². The smallest absolute Gasteiger partial charge is 0.414 e. The summed E-state index contributed by atoms with van der Waals surface area (Å²) in [4.78, 5) is 12.9. The first kappa shape index (κ1) is 10.9. The van der Waals surface area contributed by atoms with Crippen molar-refractivity contribution in [1.29, 1.82) is 0 Å². The number of ether oxygens (including phenoxy) is 1. The number of aliphatic hydroxyl groups is 1. The first-order valence-corrected chi connectivity index (χ1v) is 5.13. The number of carbonyl (C=O) groups excluding carboxylic acids is 1. The number of carbonyl (C=O) groups is 1. The van der Waals surface area contributed by atoms with Crippen molar-refractivity contribution in [3.05, 3.63) is 29.8 Å². The summed E-state index contributed by atoms with van der Waals surface area (Å²) in [6, 6.07) is 6.85. The van der Waals surface area contributed by atoms with E-state index in [1.54, 1.807) is 17.0 Å². The van der Waals surface area contributed by atoms with Gasteiger partial charge in [0.15, 0.2) is 0 Å². The Hall–Kier alpha value is -1.59. The Labute approximate surface area is 93.4 Å². The number of rotatable bonds is 3. The maximum atomic E-state index is 11.3. The number of nitrogens with zero attached hydrogens (tertiary/aromatic N) is 1. The third-order valence-electron chi connectivity index (χ3n) is 2.59. The summed E-state index contributed by atoms with van der Waals surface area (Å²) in [5, 5.41) is 8.90. The van der Waals surface area contributed by atoms with Gasteiger partial charge >= 0.3 is 6.09 Å². The van der Waals surface area contributed by atoms with Gasteiger partial charge in [-0.3, -0.25) is 4.90 Å². The predicted molar refractivity (Wildman–Crippen MR) is 59.2 cm³/mol. The zero-order chi connectivity index (χ0) is 11.5. The largest absolute Gasteiger partial charge is 0.447 e. The average Bonchev–Trinajstić information content (AvgIpc) is 2.75. The highest BCUT2D eigenvalue weighted by Crippen LogP contribution is 2.20. The molecule has 1 atom stereocenters. The quantitative estimate of drug-likeness (QED) is 0.786. The fraction of sp³-hybridized carbons (Fsp3) is 0.364. The van der Waals surface area contributed by atoms with Gasteiger partial charge in [0.05, 0.1) is 19.2 Å². The Bertz CT molecular complexity index is 377. The van der Waals surface area contributed by atoms with Crippen LogP contribution in [0.2, 0.25) is 0 Å². The molecule has 1 aromatic carbocycles. The van der Waals surface area contributed by atoms with Gasteiger partial charge in [0.2, 0.25) is 0 Å². The monoisotopic (exact) mass is 222 g/mol. The number of nitrogens with two attached hydrogens (primary N) is 1. The maximum absolute atomic E-state index is 11.3. The van der Waals surface area contributed by atoms with Gasteiger partial charge in [-0.15, -0.1) is 0 Å². The summed E-state index contributed by atoms with van der Waals surface area (Å²) in [5.74, 6) is 0. The molecule has 0 saturated carbocycles. The topological polar surface area (TPSA) is 75.8 Å². The number of hydrogen-bond donors (Lipinski definition) is 2. The standard InChI is InChI=1S/C11H14N2O3/c12-10(7-14)8-1-3-9(4-2-8)13-5-6-16-11(13)15/h1-4,10,14H,5-7,12H2. The molecule has 0 radical (unpaired) electrons. The highest BCUT2D eigenvalue weighted by molar-refractivity contribution is 5.89. The molecular weight excluding hydrogens is 208 g/mol. The van der Waals surface area contributed by atoms with Crippen molar-refractivity contribution in [3.63, 3.8) is 0 Å². The summed E-state index contributed by atoms with van der Waals surface area (Å²) < 4.78 is 4.84. The zero-order valence-electron chi connectivity index (χ0n) is 8.80. The Morgan fingerprint density at radius 2 is 2.12 bits per heavy atom. The molecule has 0 aliphatic carbocycles. The van der Waals surface area contributed by atoms with Crippen LogP contribution in [0.15, 0.2) is 24.3 Å². The van der Waals surface area contributed by atoms with Gasteiger partial charge in [0.1, 0.15) is 6.61 Å². The zero-order valence-corrected chi connectivity index (χ0v) is 8.80. The van der Waals surface area contributed by atoms with Gasteiger partial charge < -0.3 is 15.6 Å². The number of cyclic esters (lactones) is 1. The highest BCUT2D eigenvalue weighted by Gasteiger charge is 2.23. The average molecular weight is 222 g/mol. The molecule has 1 aliphatic rings. The fourth-order valence-corrected chi connectivity index (χ4v) is 1.63. The van der Waals surface area contributed by atoms with Gasteiger partial charge in [0.25, 0.3) is 0 Å². The molecule has 5 heteroatoms. The summed E-state index contributed by atoms with van der Waals surface area (Å²) in [6.45, 7) is 0.909. The minimum atomic E-state index is -0.375. The summed E-state index contributed by atoms with van der Waals surface area (Å²) >= 11 is 0. The first-order chi connectivity index (χ1) is 7.72. The van der Waals surface area contributed by atoms with Crippen LogP contribution in [-0.2, 0) is 4.74 Å². The lowest BCUT2D eigenvalue weighted by Crippen LogP contribution is -2.23. The van der Waals surface area contributed by atoms with Crippen molar-refractivity contribution >= 4 is 11.8 Å². The molecule has 16 heavy (non-hydrogen) atoms. The molecule has 1 saturated heterocycles. The second-order valence-electron chi connectivity index (χ2n) is 3.65. The van der Waals surface area contributed by atoms with E-state index in [1.165, 1.54) is 0 Å². The molecule has 0 spiro atoms. The highest BCUT2D eigenvalue weighted by atomic mass is 16.6. The molecule has 2 rings (SSSR count). The molecule has 3 N–H and O–H groups in total. The summed E-state index contributed by atoms with van der Waals surface area (Å²) in [5.41, 5.74) is 7.30. The number of hydrogen-bond acceptors (Lipinski definition) is 4. The van der Waals surface area contributed by atoms with Crippen LogP contribution >= 0.6 is 0 Å². The minimum absolute atomic E-state index is 0.0922. The van der Waals surface area contributed by atoms with E-state index in [0.717, 1.165) is 11.3 Å². The van der Waals surface area contributed by atoms with Crippen molar-refractivity contribution in [3.8, 4) is 0 Å². The van der Waals surface area contributed by atoms with E-state index < -0.39 is 0 Å². The molecule has 1 aromatic rings. The molecule has 1 heterocycles. The normalized spacial score (nSPS) is 17.4. The van der Waals surface area contributed by atoms with Crippen LogP contribution < -0.4 is 10.6 Å². The van der Waals surface area contributed by atoms with Gasteiger partial charge in [-0.1, -0.05) is 12.1 Å². The van der Waals surface area contributed by atoms with Gasteiger partial charge in [0, 0.05) is 5.69 Å². The van der Waals surface area contributed by atoms with Gasteiger partial charge in [-0.2, -0.15) is 0 Å². The molecule has 0 aromatic heterocycles. The Morgan fingerprint density at radius 3 is 2.62 bits per heavy atom. The lowest BCUT2D eigenvalue weighted by molar-refractivity contribution is 0.181. The molecule has 1 amide bonds. The summed E-state index contributed by atoms with van der Waals surface area (Å²) in [6.07, 6.45) is -0.320. The van der Waals surface area contributed by atoms with Gasteiger partial charge in [-0.05, 0) is 17.7 Å². The van der Waals surface area contributed by atoms with E-state index >= 15 is 0 Å². The van der Waals surface area contributed by atoms with Crippen LogP contribution in [0.25, 0.3) is 0 Å². The van der Waals surface area contributed by atoms with E-state index in [0.29, 0.717) is 13.2 Å². The van der Waals surface area contributed by atoms with Crippen molar-refractivity contribution in [2.24, 2.45) is 5.73 Å².